The zero-order chi connectivity index (χ0) is 15.9. The molecule has 120 valence electrons. The van der Waals surface area contributed by atoms with Crippen molar-refractivity contribution in [3.63, 3.8) is 0 Å². The van der Waals surface area contributed by atoms with Gasteiger partial charge in [-0.25, -0.2) is 4.79 Å². The number of carbonyl (C=O) groups is 2. The van der Waals surface area contributed by atoms with Crippen LogP contribution in [0.1, 0.15) is 56.3 Å². The topological polar surface area (TPSA) is 55.4 Å². The van der Waals surface area contributed by atoms with Crippen LogP contribution in [0.15, 0.2) is 24.3 Å². The largest absolute Gasteiger partial charge is 0.462 e. The van der Waals surface area contributed by atoms with Crippen LogP contribution in [0.2, 0.25) is 0 Å². The highest BCUT2D eigenvalue weighted by atomic mass is 16.5. The van der Waals surface area contributed by atoms with Crippen LogP contribution in [0.25, 0.3) is 0 Å². The highest BCUT2D eigenvalue weighted by Gasteiger charge is 2.24. The molecule has 1 saturated carbocycles. The van der Waals surface area contributed by atoms with E-state index in [1.165, 1.54) is 0 Å². The van der Waals surface area contributed by atoms with E-state index < -0.39 is 0 Å². The van der Waals surface area contributed by atoms with E-state index >= 15 is 0 Å². The Balaban J connectivity index is 1.88. The Morgan fingerprint density at radius 1 is 1.14 bits per heavy atom. The molecule has 1 aromatic carbocycles. The van der Waals surface area contributed by atoms with Gasteiger partial charge in [0.05, 0.1) is 12.2 Å². The van der Waals surface area contributed by atoms with Gasteiger partial charge >= 0.3 is 5.97 Å². The van der Waals surface area contributed by atoms with Gasteiger partial charge in [0.2, 0.25) is 5.91 Å². The molecular weight excluding hydrogens is 278 g/mol. The number of hydrogen-bond acceptors (Lipinski definition) is 3. The summed E-state index contributed by atoms with van der Waals surface area (Å²) < 4.78 is 5.08. The molecule has 1 N–H and O–H groups in total. The second kappa shape index (κ2) is 7.97. The lowest BCUT2D eigenvalue weighted by molar-refractivity contribution is -0.121. The van der Waals surface area contributed by atoms with E-state index in [2.05, 4.69) is 12.2 Å². The number of carbonyl (C=O) groups excluding carboxylic acids is 2. The predicted molar refractivity (Wildman–Crippen MR) is 86.8 cm³/mol. The molecule has 4 nitrogen and oxygen atoms in total. The van der Waals surface area contributed by atoms with Crippen molar-refractivity contribution in [1.29, 1.82) is 0 Å². The van der Waals surface area contributed by atoms with Gasteiger partial charge in [0.15, 0.2) is 0 Å². The van der Waals surface area contributed by atoms with Crippen LogP contribution >= 0.6 is 0 Å². The van der Waals surface area contributed by atoms with E-state index in [0.717, 1.165) is 43.7 Å². The van der Waals surface area contributed by atoms with Crippen LogP contribution in [-0.4, -0.2) is 18.5 Å². The Bertz CT molecular complexity index is 502. The Morgan fingerprint density at radius 3 is 2.36 bits per heavy atom. The van der Waals surface area contributed by atoms with Crippen molar-refractivity contribution in [3.05, 3.63) is 29.8 Å². The smallest absolute Gasteiger partial charge is 0.338 e. The standard InChI is InChI=1S/C18H25NO3/c1-3-12-22-18(21)15-8-10-16(11-9-15)19-17(20)14-6-4-13(2)5-7-14/h8-11,13-14H,3-7,12H2,1-2H3,(H,19,20). The van der Waals surface area contributed by atoms with Crippen LogP contribution < -0.4 is 5.32 Å². The third-order valence-electron chi connectivity index (χ3n) is 4.21. The summed E-state index contributed by atoms with van der Waals surface area (Å²) in [4.78, 5) is 23.9. The third-order valence-corrected chi connectivity index (χ3v) is 4.21. The zero-order valence-corrected chi connectivity index (χ0v) is 13.4. The van der Waals surface area contributed by atoms with E-state index in [0.29, 0.717) is 12.2 Å². The summed E-state index contributed by atoms with van der Waals surface area (Å²) in [5.74, 6) is 0.622. The molecule has 2 rings (SSSR count). The molecule has 1 amide bonds. The van der Waals surface area contributed by atoms with E-state index in [9.17, 15) is 9.59 Å². The highest BCUT2D eigenvalue weighted by Crippen LogP contribution is 2.29. The number of benzene rings is 1. The number of hydrogen-bond donors (Lipinski definition) is 1. The Kier molecular flexibility index (Phi) is 5.99. The maximum absolute atomic E-state index is 12.2. The zero-order valence-electron chi connectivity index (χ0n) is 13.4. The van der Waals surface area contributed by atoms with E-state index in [-0.39, 0.29) is 17.8 Å². The lowest BCUT2D eigenvalue weighted by atomic mass is 9.82. The van der Waals surface area contributed by atoms with Crippen LogP contribution in [0, 0.1) is 11.8 Å². The number of rotatable bonds is 5. The minimum Gasteiger partial charge on any atom is -0.462 e. The van der Waals surface area contributed by atoms with Gasteiger partial charge < -0.3 is 10.1 Å². The van der Waals surface area contributed by atoms with Gasteiger partial charge in [-0.1, -0.05) is 13.8 Å². The van der Waals surface area contributed by atoms with Crippen molar-refractivity contribution in [2.45, 2.75) is 46.0 Å². The summed E-state index contributed by atoms with van der Waals surface area (Å²) >= 11 is 0. The fraction of sp³-hybridized carbons (Fsp3) is 0.556. The molecule has 1 aromatic rings. The number of ether oxygens (including phenoxy) is 1. The van der Waals surface area contributed by atoms with Crippen LogP contribution in [0.5, 0.6) is 0 Å². The van der Waals surface area contributed by atoms with Gasteiger partial charge in [-0.05, 0) is 62.3 Å². The average molecular weight is 303 g/mol. The Hall–Kier alpha value is -1.84. The molecule has 0 spiro atoms. The van der Waals surface area contributed by atoms with Crippen molar-refractivity contribution in [1.82, 2.24) is 0 Å². The summed E-state index contributed by atoms with van der Waals surface area (Å²) in [6.07, 6.45) is 4.99. The molecular formula is C18H25NO3. The third kappa shape index (κ3) is 4.58. The summed E-state index contributed by atoms with van der Waals surface area (Å²) in [7, 11) is 0. The van der Waals surface area contributed by atoms with Crippen molar-refractivity contribution < 1.29 is 14.3 Å². The lowest BCUT2D eigenvalue weighted by Crippen LogP contribution is -2.26. The van der Waals surface area contributed by atoms with E-state index in [1.54, 1.807) is 24.3 Å². The van der Waals surface area contributed by atoms with Gasteiger partial charge in [0.25, 0.3) is 0 Å². The molecule has 1 aliphatic carbocycles. The molecule has 0 aliphatic heterocycles. The van der Waals surface area contributed by atoms with Gasteiger partial charge in [-0.15, -0.1) is 0 Å². The SMILES string of the molecule is CCCOC(=O)c1ccc(NC(=O)C2CCC(C)CC2)cc1. The first-order valence-corrected chi connectivity index (χ1v) is 8.18. The molecule has 0 atom stereocenters. The first kappa shape index (κ1) is 16.5. The van der Waals surface area contributed by atoms with Crippen molar-refractivity contribution in [2.75, 3.05) is 11.9 Å². The fourth-order valence-corrected chi connectivity index (χ4v) is 2.73. The predicted octanol–water partition coefficient (Wildman–Crippen LogP) is 4.02. The molecule has 22 heavy (non-hydrogen) atoms. The van der Waals surface area contributed by atoms with Crippen LogP contribution in [-0.2, 0) is 9.53 Å². The normalized spacial score (nSPS) is 21.2. The molecule has 0 aromatic heterocycles. The molecule has 0 radical (unpaired) electrons. The fourth-order valence-electron chi connectivity index (χ4n) is 2.73. The molecule has 0 saturated heterocycles. The summed E-state index contributed by atoms with van der Waals surface area (Å²) in [6.45, 7) is 4.62. The van der Waals surface area contributed by atoms with Crippen molar-refractivity contribution in [3.8, 4) is 0 Å². The van der Waals surface area contributed by atoms with Gasteiger partial charge in [-0.2, -0.15) is 0 Å². The molecule has 1 aliphatic rings. The number of esters is 1. The van der Waals surface area contributed by atoms with E-state index in [1.807, 2.05) is 6.92 Å². The molecule has 1 fully saturated rings. The quantitative estimate of drug-likeness (QED) is 0.836. The highest BCUT2D eigenvalue weighted by molar-refractivity contribution is 5.94. The van der Waals surface area contributed by atoms with Crippen LogP contribution in [0.4, 0.5) is 5.69 Å². The van der Waals surface area contributed by atoms with Crippen molar-refractivity contribution in [2.24, 2.45) is 11.8 Å². The monoisotopic (exact) mass is 303 g/mol. The Morgan fingerprint density at radius 2 is 1.77 bits per heavy atom. The molecule has 0 unspecified atom stereocenters. The average Bonchev–Trinajstić information content (AvgIpc) is 2.54. The summed E-state index contributed by atoms with van der Waals surface area (Å²) in [6, 6.07) is 6.89. The lowest BCUT2D eigenvalue weighted by Gasteiger charge is -2.25. The molecule has 4 heteroatoms. The first-order valence-electron chi connectivity index (χ1n) is 8.18. The maximum atomic E-state index is 12.2. The Labute approximate surface area is 132 Å². The van der Waals surface area contributed by atoms with Gasteiger partial charge in [0.1, 0.15) is 0 Å². The van der Waals surface area contributed by atoms with Crippen LogP contribution in [0.3, 0.4) is 0 Å². The van der Waals surface area contributed by atoms with E-state index in [4.69, 9.17) is 4.74 Å². The van der Waals surface area contributed by atoms with Gasteiger partial charge in [-0.3, -0.25) is 4.79 Å². The maximum Gasteiger partial charge on any atom is 0.338 e. The number of nitrogens with one attached hydrogen (secondary N) is 1. The van der Waals surface area contributed by atoms with Crippen molar-refractivity contribution >= 4 is 17.6 Å². The molecule has 0 heterocycles. The number of anilines is 1. The minimum absolute atomic E-state index is 0.0909. The number of amides is 1. The first-order chi connectivity index (χ1) is 10.6. The minimum atomic E-state index is -0.319. The van der Waals surface area contributed by atoms with Gasteiger partial charge in [0, 0.05) is 11.6 Å². The second-order valence-corrected chi connectivity index (χ2v) is 6.16. The second-order valence-electron chi connectivity index (χ2n) is 6.16. The molecule has 0 bridgehead atoms. The summed E-state index contributed by atoms with van der Waals surface area (Å²) in [5, 5.41) is 2.94. The summed E-state index contributed by atoms with van der Waals surface area (Å²) in [5.41, 5.74) is 1.24.